The summed E-state index contributed by atoms with van der Waals surface area (Å²) in [5, 5.41) is 7.38. The summed E-state index contributed by atoms with van der Waals surface area (Å²) >= 11 is 1.85. The number of fused-ring (bicyclic) bond motifs is 7. The van der Waals surface area contributed by atoms with Gasteiger partial charge in [0.1, 0.15) is 0 Å². The molecule has 3 heteroatoms. The van der Waals surface area contributed by atoms with Gasteiger partial charge in [-0.15, -0.1) is 11.3 Å². The summed E-state index contributed by atoms with van der Waals surface area (Å²) in [5.41, 5.74) is 6.19. The van der Waals surface area contributed by atoms with Crippen LogP contribution in [0.25, 0.3) is 75.3 Å². The number of thiophene rings is 1. The van der Waals surface area contributed by atoms with Crippen molar-refractivity contribution < 1.29 is 0 Å². The second-order valence-electron chi connectivity index (χ2n) is 9.44. The first-order valence-corrected chi connectivity index (χ1v) is 13.2. The zero-order valence-electron chi connectivity index (χ0n) is 19.8. The molecule has 3 aromatic heterocycles. The smallest absolute Gasteiger partial charge is 0.0788 e. The maximum atomic E-state index is 5.20. The molecule has 0 aliphatic heterocycles. The average molecular weight is 489 g/mol. The van der Waals surface area contributed by atoms with Gasteiger partial charge in [0.05, 0.1) is 22.4 Å². The van der Waals surface area contributed by atoms with Gasteiger partial charge in [0.2, 0.25) is 0 Å². The molecule has 0 aliphatic rings. The van der Waals surface area contributed by atoms with E-state index in [1.807, 2.05) is 23.5 Å². The number of benzene rings is 5. The first-order chi connectivity index (χ1) is 18.3. The molecule has 3 heterocycles. The van der Waals surface area contributed by atoms with Gasteiger partial charge in [-0.05, 0) is 47.9 Å². The highest BCUT2D eigenvalue weighted by molar-refractivity contribution is 7.25. The lowest BCUT2D eigenvalue weighted by Crippen LogP contribution is -1.91. The predicted molar refractivity (Wildman–Crippen MR) is 158 cm³/mol. The van der Waals surface area contributed by atoms with E-state index in [0.717, 1.165) is 38.9 Å². The maximum Gasteiger partial charge on any atom is 0.0788 e. The third-order valence-corrected chi connectivity index (χ3v) is 8.36. The summed E-state index contributed by atoms with van der Waals surface area (Å²) in [6.07, 6.45) is 0. The highest BCUT2D eigenvalue weighted by atomic mass is 32.1. The Hall–Kier alpha value is -4.60. The maximum absolute atomic E-state index is 5.20. The summed E-state index contributed by atoms with van der Waals surface area (Å²) in [4.78, 5) is 10.1. The SMILES string of the molecule is c1cc(-c2ccc3ccccc3n2)cc(-c2nc3ccccc3c3cc4c(cc23)sc2ccccc24)c1. The molecule has 8 rings (SSSR count). The Bertz CT molecular complexity index is 2160. The second-order valence-corrected chi connectivity index (χ2v) is 10.5. The molecule has 0 atom stereocenters. The summed E-state index contributed by atoms with van der Waals surface area (Å²) in [6.45, 7) is 0. The molecule has 2 nitrogen and oxygen atoms in total. The summed E-state index contributed by atoms with van der Waals surface area (Å²) < 4.78 is 2.61. The number of nitrogens with zero attached hydrogens (tertiary/aromatic N) is 2. The minimum atomic E-state index is 0.970. The number of hydrogen-bond donors (Lipinski definition) is 0. The number of hydrogen-bond acceptors (Lipinski definition) is 3. The Balaban J connectivity index is 1.40. The van der Waals surface area contributed by atoms with Crippen LogP contribution in [0.4, 0.5) is 0 Å². The number of pyridine rings is 2. The van der Waals surface area contributed by atoms with Gasteiger partial charge in [-0.25, -0.2) is 9.97 Å². The molecule has 0 saturated heterocycles. The van der Waals surface area contributed by atoms with Crippen LogP contribution in [-0.2, 0) is 0 Å². The minimum absolute atomic E-state index is 0.970. The monoisotopic (exact) mass is 488 g/mol. The Morgan fingerprint density at radius 1 is 0.432 bits per heavy atom. The van der Waals surface area contributed by atoms with E-state index in [9.17, 15) is 0 Å². The number of rotatable bonds is 2. The van der Waals surface area contributed by atoms with Gasteiger partial charge in [0.25, 0.3) is 0 Å². The van der Waals surface area contributed by atoms with Crippen molar-refractivity contribution in [2.24, 2.45) is 0 Å². The normalized spacial score (nSPS) is 11.8. The molecule has 0 radical (unpaired) electrons. The predicted octanol–water partition coefficient (Wildman–Crippen LogP) is 9.64. The average Bonchev–Trinajstić information content (AvgIpc) is 3.33. The lowest BCUT2D eigenvalue weighted by molar-refractivity contribution is 1.39. The molecule has 0 aliphatic carbocycles. The second kappa shape index (κ2) is 7.95. The van der Waals surface area contributed by atoms with Crippen molar-refractivity contribution in [2.75, 3.05) is 0 Å². The van der Waals surface area contributed by atoms with Crippen molar-refractivity contribution in [3.63, 3.8) is 0 Å². The first-order valence-electron chi connectivity index (χ1n) is 12.4. The molecule has 0 saturated carbocycles. The van der Waals surface area contributed by atoms with Crippen molar-refractivity contribution >= 4 is 64.1 Å². The van der Waals surface area contributed by atoms with E-state index in [2.05, 4.69) is 109 Å². The standard InChI is InChI=1S/C34H20N2S/c1-4-13-29-21(8-1)16-17-30(35-29)22-9-7-10-23(18-22)34-28-20-33-27(25-12-3-6-15-32(25)37-33)19-26(28)24-11-2-5-14-31(24)36-34/h1-20H. The highest BCUT2D eigenvalue weighted by Gasteiger charge is 2.15. The van der Waals surface area contributed by atoms with Crippen molar-refractivity contribution in [1.82, 2.24) is 9.97 Å². The molecular weight excluding hydrogens is 468 g/mol. The van der Waals surface area contributed by atoms with Gasteiger partial charge >= 0.3 is 0 Å². The van der Waals surface area contributed by atoms with E-state index in [4.69, 9.17) is 9.97 Å². The molecule has 0 N–H and O–H groups in total. The number of para-hydroxylation sites is 2. The summed E-state index contributed by atoms with van der Waals surface area (Å²) in [5.74, 6) is 0. The largest absolute Gasteiger partial charge is 0.248 e. The molecule has 37 heavy (non-hydrogen) atoms. The highest BCUT2D eigenvalue weighted by Crippen LogP contribution is 2.41. The van der Waals surface area contributed by atoms with Gasteiger partial charge < -0.3 is 0 Å². The summed E-state index contributed by atoms with van der Waals surface area (Å²) in [7, 11) is 0. The molecular formula is C34H20N2S. The Morgan fingerprint density at radius 3 is 2.16 bits per heavy atom. The van der Waals surface area contributed by atoms with E-state index < -0.39 is 0 Å². The summed E-state index contributed by atoms with van der Waals surface area (Å²) in [6, 6.07) is 43.0. The lowest BCUT2D eigenvalue weighted by Gasteiger charge is -2.12. The fourth-order valence-corrected chi connectivity index (χ4v) is 6.57. The Kier molecular flexibility index (Phi) is 4.42. The lowest BCUT2D eigenvalue weighted by atomic mass is 9.97. The number of aromatic nitrogens is 2. The van der Waals surface area contributed by atoms with E-state index >= 15 is 0 Å². The van der Waals surface area contributed by atoms with Gasteiger partial charge in [-0.2, -0.15) is 0 Å². The van der Waals surface area contributed by atoms with Crippen molar-refractivity contribution in [3.05, 3.63) is 121 Å². The first kappa shape index (κ1) is 20.6. The minimum Gasteiger partial charge on any atom is -0.248 e. The van der Waals surface area contributed by atoms with Crippen LogP contribution in [0.2, 0.25) is 0 Å². The Labute approximate surface area is 217 Å². The van der Waals surface area contributed by atoms with Gasteiger partial charge in [0.15, 0.2) is 0 Å². The van der Waals surface area contributed by atoms with Crippen LogP contribution in [0.3, 0.4) is 0 Å². The van der Waals surface area contributed by atoms with Crippen LogP contribution in [0.5, 0.6) is 0 Å². The van der Waals surface area contributed by atoms with Crippen LogP contribution in [0.15, 0.2) is 121 Å². The fourth-order valence-electron chi connectivity index (χ4n) is 5.44. The zero-order chi connectivity index (χ0) is 24.3. The van der Waals surface area contributed by atoms with Crippen molar-refractivity contribution in [1.29, 1.82) is 0 Å². The molecule has 172 valence electrons. The molecule has 0 fully saturated rings. The van der Waals surface area contributed by atoms with E-state index in [0.29, 0.717) is 0 Å². The molecule has 8 aromatic rings. The third-order valence-electron chi connectivity index (χ3n) is 7.23. The van der Waals surface area contributed by atoms with Crippen molar-refractivity contribution in [3.8, 4) is 22.5 Å². The van der Waals surface area contributed by atoms with Gasteiger partial charge in [-0.3, -0.25) is 0 Å². The third kappa shape index (κ3) is 3.25. The quantitative estimate of drug-likeness (QED) is 0.226. The van der Waals surface area contributed by atoms with Gasteiger partial charge in [-0.1, -0.05) is 78.9 Å². The molecule has 0 unspecified atom stereocenters. The van der Waals surface area contributed by atoms with Gasteiger partial charge in [0, 0.05) is 47.5 Å². The van der Waals surface area contributed by atoms with Crippen LogP contribution in [-0.4, -0.2) is 9.97 Å². The Morgan fingerprint density at radius 2 is 1.22 bits per heavy atom. The van der Waals surface area contributed by atoms with E-state index in [1.54, 1.807) is 0 Å². The molecule has 0 spiro atoms. The topological polar surface area (TPSA) is 25.8 Å². The van der Waals surface area contributed by atoms with E-state index in [1.165, 1.54) is 36.3 Å². The molecule has 0 bridgehead atoms. The van der Waals surface area contributed by atoms with E-state index in [-0.39, 0.29) is 0 Å². The zero-order valence-corrected chi connectivity index (χ0v) is 20.7. The van der Waals surface area contributed by atoms with Crippen LogP contribution in [0.1, 0.15) is 0 Å². The molecule has 0 amide bonds. The van der Waals surface area contributed by atoms with Crippen LogP contribution < -0.4 is 0 Å². The fraction of sp³-hybridized carbons (Fsp3) is 0. The van der Waals surface area contributed by atoms with Crippen LogP contribution >= 0.6 is 11.3 Å². The van der Waals surface area contributed by atoms with Crippen LogP contribution in [0, 0.1) is 0 Å². The molecule has 5 aromatic carbocycles. The van der Waals surface area contributed by atoms with Crippen molar-refractivity contribution in [2.45, 2.75) is 0 Å².